The van der Waals surface area contributed by atoms with E-state index in [4.69, 9.17) is 0 Å². The van der Waals surface area contributed by atoms with Crippen LogP contribution in [0.5, 0.6) is 0 Å². The van der Waals surface area contributed by atoms with Crippen molar-refractivity contribution in [1.82, 2.24) is 4.72 Å². The van der Waals surface area contributed by atoms with Gasteiger partial charge in [0.1, 0.15) is 0 Å². The first-order chi connectivity index (χ1) is 12.4. The molecule has 0 bridgehead atoms. The molecule has 6 heteroatoms. The lowest BCUT2D eigenvalue weighted by molar-refractivity contribution is -0.116. The maximum atomic E-state index is 12.7. The van der Waals surface area contributed by atoms with E-state index < -0.39 is 10.0 Å². The van der Waals surface area contributed by atoms with Crippen LogP contribution in [0.4, 0.5) is 5.69 Å². The van der Waals surface area contributed by atoms with E-state index in [1.54, 1.807) is 23.1 Å². The summed E-state index contributed by atoms with van der Waals surface area (Å²) in [6.45, 7) is 4.54. The molecule has 2 aromatic carbocycles. The van der Waals surface area contributed by atoms with E-state index >= 15 is 0 Å². The van der Waals surface area contributed by atoms with Gasteiger partial charge in [0.2, 0.25) is 15.9 Å². The summed E-state index contributed by atoms with van der Waals surface area (Å²) in [7, 11) is -3.59. The molecule has 1 amide bonds. The summed E-state index contributed by atoms with van der Waals surface area (Å²) in [5.41, 5.74) is 2.84. The van der Waals surface area contributed by atoms with Crippen LogP contribution in [0.3, 0.4) is 0 Å². The predicted octanol–water partition coefficient (Wildman–Crippen LogP) is 3.07. The van der Waals surface area contributed by atoms with Crippen LogP contribution in [0.2, 0.25) is 0 Å². The first kappa shape index (κ1) is 18.6. The van der Waals surface area contributed by atoms with Crippen LogP contribution in [0, 0.1) is 0 Å². The summed E-state index contributed by atoms with van der Waals surface area (Å²) in [5, 5.41) is 0. The first-order valence-electron chi connectivity index (χ1n) is 8.88. The Balaban J connectivity index is 1.76. The van der Waals surface area contributed by atoms with Crippen LogP contribution >= 0.6 is 0 Å². The highest BCUT2D eigenvalue weighted by Crippen LogP contribution is 2.30. The number of anilines is 1. The average molecular weight is 372 g/mol. The van der Waals surface area contributed by atoms with Gasteiger partial charge in [-0.3, -0.25) is 4.79 Å². The van der Waals surface area contributed by atoms with E-state index in [0.717, 1.165) is 23.2 Å². The number of nitrogens with one attached hydrogen (secondary N) is 1. The molecule has 0 saturated carbocycles. The molecule has 1 aliphatic rings. The summed E-state index contributed by atoms with van der Waals surface area (Å²) in [4.78, 5) is 13.6. The largest absolute Gasteiger partial charge is 0.312 e. The second kappa shape index (κ2) is 7.60. The van der Waals surface area contributed by atoms with E-state index in [2.05, 4.69) is 11.6 Å². The number of carbonyl (C=O) groups is 1. The zero-order valence-electron chi connectivity index (χ0n) is 15.1. The van der Waals surface area contributed by atoms with Crippen LogP contribution in [-0.4, -0.2) is 27.4 Å². The van der Waals surface area contributed by atoms with Crippen molar-refractivity contribution in [1.29, 1.82) is 0 Å². The van der Waals surface area contributed by atoms with Gasteiger partial charge in [0.15, 0.2) is 0 Å². The van der Waals surface area contributed by atoms with Crippen molar-refractivity contribution < 1.29 is 13.2 Å². The lowest BCUT2D eigenvalue weighted by Crippen LogP contribution is -2.28. The molecule has 0 saturated heterocycles. The van der Waals surface area contributed by atoms with Crippen LogP contribution in [-0.2, 0) is 21.2 Å². The molecule has 0 radical (unpaired) electrons. The Morgan fingerprint density at radius 1 is 1.19 bits per heavy atom. The molecule has 5 nitrogen and oxygen atoms in total. The van der Waals surface area contributed by atoms with Gasteiger partial charge in [0, 0.05) is 25.7 Å². The molecular formula is C20H24N2O3S. The SMILES string of the molecule is CCC(CNS(=O)(=O)c1ccc2c(c1)CCN2C(C)=O)c1ccccc1. The number of rotatable bonds is 6. The van der Waals surface area contributed by atoms with E-state index in [-0.39, 0.29) is 16.7 Å². The molecule has 0 aliphatic carbocycles. The lowest BCUT2D eigenvalue weighted by Gasteiger charge is -2.17. The third kappa shape index (κ3) is 3.81. The maximum Gasteiger partial charge on any atom is 0.240 e. The number of carbonyl (C=O) groups excluding carboxylic acids is 1. The van der Waals surface area contributed by atoms with Gasteiger partial charge >= 0.3 is 0 Å². The number of sulfonamides is 1. The smallest absolute Gasteiger partial charge is 0.240 e. The molecule has 3 rings (SSSR count). The Hall–Kier alpha value is -2.18. The third-order valence-corrected chi connectivity index (χ3v) is 6.34. The molecule has 0 aromatic heterocycles. The van der Waals surface area contributed by atoms with Crippen molar-refractivity contribution in [2.75, 3.05) is 18.0 Å². The summed E-state index contributed by atoms with van der Waals surface area (Å²) >= 11 is 0. The van der Waals surface area contributed by atoms with E-state index in [1.165, 1.54) is 6.92 Å². The van der Waals surface area contributed by atoms with E-state index in [0.29, 0.717) is 19.5 Å². The minimum absolute atomic E-state index is 0.0221. The van der Waals surface area contributed by atoms with Crippen LogP contribution in [0.15, 0.2) is 53.4 Å². The van der Waals surface area contributed by atoms with Crippen LogP contribution in [0.25, 0.3) is 0 Å². The molecule has 1 heterocycles. The minimum atomic E-state index is -3.59. The quantitative estimate of drug-likeness (QED) is 0.847. The highest BCUT2D eigenvalue weighted by molar-refractivity contribution is 7.89. The standard InChI is InChI=1S/C20H24N2O3S/c1-3-16(17-7-5-4-6-8-17)14-21-26(24,25)19-9-10-20-18(13-19)11-12-22(20)15(2)23/h4-10,13,16,21H,3,11-12,14H2,1-2H3. The molecule has 1 aliphatic heterocycles. The second-order valence-electron chi connectivity index (χ2n) is 6.58. The number of benzene rings is 2. The maximum absolute atomic E-state index is 12.7. The van der Waals surface area contributed by atoms with E-state index in [9.17, 15) is 13.2 Å². The van der Waals surface area contributed by atoms with Gasteiger partial charge in [-0.15, -0.1) is 0 Å². The summed E-state index contributed by atoms with van der Waals surface area (Å²) in [6.07, 6.45) is 1.53. The Morgan fingerprint density at radius 2 is 1.92 bits per heavy atom. The summed E-state index contributed by atoms with van der Waals surface area (Å²) in [5.74, 6) is 0.111. The fourth-order valence-electron chi connectivity index (χ4n) is 3.39. The summed E-state index contributed by atoms with van der Waals surface area (Å²) < 4.78 is 28.2. The number of nitrogens with zero attached hydrogens (tertiary/aromatic N) is 1. The predicted molar refractivity (Wildman–Crippen MR) is 103 cm³/mol. The molecule has 0 spiro atoms. The van der Waals surface area contributed by atoms with Gasteiger partial charge in [-0.05, 0) is 48.1 Å². The topological polar surface area (TPSA) is 66.5 Å². The molecule has 26 heavy (non-hydrogen) atoms. The van der Waals surface area contributed by atoms with Gasteiger partial charge in [0.25, 0.3) is 0 Å². The highest BCUT2D eigenvalue weighted by Gasteiger charge is 2.25. The molecule has 1 N–H and O–H groups in total. The molecule has 1 unspecified atom stereocenters. The fraction of sp³-hybridized carbons (Fsp3) is 0.350. The van der Waals surface area contributed by atoms with Crippen molar-refractivity contribution in [2.24, 2.45) is 0 Å². The minimum Gasteiger partial charge on any atom is -0.312 e. The van der Waals surface area contributed by atoms with Gasteiger partial charge in [0.05, 0.1) is 4.90 Å². The zero-order chi connectivity index (χ0) is 18.7. The Morgan fingerprint density at radius 3 is 2.58 bits per heavy atom. The van der Waals surface area contributed by atoms with E-state index in [1.807, 2.05) is 30.3 Å². The third-order valence-electron chi connectivity index (χ3n) is 4.92. The average Bonchev–Trinajstić information content (AvgIpc) is 3.06. The second-order valence-corrected chi connectivity index (χ2v) is 8.35. The summed E-state index contributed by atoms with van der Waals surface area (Å²) in [6, 6.07) is 14.9. The van der Waals surface area contributed by atoms with Gasteiger partial charge in [-0.2, -0.15) is 0 Å². The Kier molecular flexibility index (Phi) is 5.44. The normalized spacial score (nSPS) is 14.9. The number of hydrogen-bond acceptors (Lipinski definition) is 3. The Labute approximate surface area is 155 Å². The van der Waals surface area contributed by atoms with Crippen molar-refractivity contribution in [3.05, 3.63) is 59.7 Å². The van der Waals surface area contributed by atoms with Gasteiger partial charge in [-0.1, -0.05) is 37.3 Å². The zero-order valence-corrected chi connectivity index (χ0v) is 15.9. The van der Waals surface area contributed by atoms with Crippen LogP contribution < -0.4 is 9.62 Å². The Bertz CT molecular complexity index is 895. The molecule has 0 fully saturated rings. The van der Waals surface area contributed by atoms with Crippen molar-refractivity contribution in [2.45, 2.75) is 37.5 Å². The monoisotopic (exact) mass is 372 g/mol. The van der Waals surface area contributed by atoms with Gasteiger partial charge < -0.3 is 4.90 Å². The molecule has 1 atom stereocenters. The fourth-order valence-corrected chi connectivity index (χ4v) is 4.52. The number of fused-ring (bicyclic) bond motifs is 1. The molecule has 2 aromatic rings. The van der Waals surface area contributed by atoms with Crippen molar-refractivity contribution in [3.63, 3.8) is 0 Å². The van der Waals surface area contributed by atoms with Gasteiger partial charge in [-0.25, -0.2) is 13.1 Å². The molecule has 138 valence electrons. The number of amides is 1. The lowest BCUT2D eigenvalue weighted by atomic mass is 9.97. The highest BCUT2D eigenvalue weighted by atomic mass is 32.2. The van der Waals surface area contributed by atoms with Crippen molar-refractivity contribution in [3.8, 4) is 0 Å². The van der Waals surface area contributed by atoms with Crippen LogP contribution in [0.1, 0.15) is 37.3 Å². The molecular weight excluding hydrogens is 348 g/mol. The number of hydrogen-bond donors (Lipinski definition) is 1. The first-order valence-corrected chi connectivity index (χ1v) is 10.4. The van der Waals surface area contributed by atoms with Crippen molar-refractivity contribution >= 4 is 21.6 Å².